The molecule has 0 aliphatic carbocycles. The molecule has 0 spiro atoms. The third-order valence-electron chi connectivity index (χ3n) is 5.40. The molecule has 34 heavy (non-hydrogen) atoms. The number of hydrogen-bond donors (Lipinski definition) is 7. The topological polar surface area (TPSA) is 205 Å². The minimum absolute atomic E-state index is 0.0846. The maximum atomic E-state index is 12.2. The molecule has 0 saturated carbocycles. The fourth-order valence-corrected chi connectivity index (χ4v) is 3.38. The van der Waals surface area contributed by atoms with Crippen molar-refractivity contribution in [1.82, 2.24) is 0 Å². The molecule has 3 rings (SSSR count). The average molecular weight is 488 g/mol. The molecular formula is C21H28O13. The average Bonchev–Trinajstić information content (AvgIpc) is 2.82. The maximum Gasteiger partial charge on any atom is 0.333 e. The predicted octanol–water partition coefficient (Wildman–Crippen LogP) is -2.78. The number of carbonyl (C=O) groups is 1. The number of aliphatic hydroxyl groups excluding tert-OH is 6. The van der Waals surface area contributed by atoms with Crippen molar-refractivity contribution in [2.75, 3.05) is 20.3 Å². The van der Waals surface area contributed by atoms with Crippen LogP contribution in [0.1, 0.15) is 5.56 Å². The Morgan fingerprint density at radius 2 is 1.74 bits per heavy atom. The molecule has 0 aromatic heterocycles. The van der Waals surface area contributed by atoms with Crippen LogP contribution >= 0.6 is 0 Å². The first-order valence-corrected chi connectivity index (χ1v) is 10.3. The monoisotopic (exact) mass is 488 g/mol. The van der Waals surface area contributed by atoms with Crippen molar-refractivity contribution in [1.29, 1.82) is 0 Å². The number of hydrogen-bond acceptors (Lipinski definition) is 13. The summed E-state index contributed by atoms with van der Waals surface area (Å²) in [5.41, 5.74) is 0.497. The molecule has 0 radical (unpaired) electrons. The molecule has 2 aliphatic heterocycles. The van der Waals surface area contributed by atoms with E-state index in [4.69, 9.17) is 23.7 Å². The standard InChI is InChI=1S/C21H28O13/c1-30-12-6-9(2-4-10(12)22)3-5-14(24)34-21-19(29)17(27)16(26)13(33-21)8-32-20-18(28)15(25)11(23)7-31-20/h2-6,11,13,15-23,25-29H,7-8H2,1H3/b5-3+. The second-order valence-electron chi connectivity index (χ2n) is 7.80. The van der Waals surface area contributed by atoms with Gasteiger partial charge in [-0.05, 0) is 23.8 Å². The van der Waals surface area contributed by atoms with Crippen LogP contribution in [0.5, 0.6) is 11.5 Å². The molecule has 13 nitrogen and oxygen atoms in total. The Hall–Kier alpha value is -2.33. The van der Waals surface area contributed by atoms with E-state index in [0.717, 1.165) is 6.08 Å². The number of rotatable bonds is 7. The van der Waals surface area contributed by atoms with Crippen LogP contribution in [-0.2, 0) is 23.7 Å². The summed E-state index contributed by atoms with van der Waals surface area (Å²) in [6, 6.07) is 4.35. The quantitative estimate of drug-likeness (QED) is 0.153. The van der Waals surface area contributed by atoms with Crippen molar-refractivity contribution in [2.24, 2.45) is 0 Å². The van der Waals surface area contributed by atoms with Crippen LogP contribution in [0, 0.1) is 0 Å². The van der Waals surface area contributed by atoms with Crippen LogP contribution in [0.15, 0.2) is 24.3 Å². The summed E-state index contributed by atoms with van der Waals surface area (Å²) >= 11 is 0. The third kappa shape index (κ3) is 6.02. The van der Waals surface area contributed by atoms with Crippen LogP contribution < -0.4 is 4.74 Å². The van der Waals surface area contributed by atoms with Crippen molar-refractivity contribution in [3.8, 4) is 11.5 Å². The number of aliphatic hydroxyl groups is 6. The number of phenols is 1. The van der Waals surface area contributed by atoms with Gasteiger partial charge in [-0.25, -0.2) is 4.79 Å². The van der Waals surface area contributed by atoms with Gasteiger partial charge in [0.05, 0.1) is 20.3 Å². The van der Waals surface area contributed by atoms with Gasteiger partial charge in [-0.3, -0.25) is 0 Å². The summed E-state index contributed by atoms with van der Waals surface area (Å²) in [7, 11) is 1.37. The summed E-state index contributed by atoms with van der Waals surface area (Å²) in [5, 5.41) is 69.1. The van der Waals surface area contributed by atoms with Crippen molar-refractivity contribution in [3.05, 3.63) is 29.8 Å². The molecule has 0 bridgehead atoms. The zero-order chi connectivity index (χ0) is 25.0. The van der Waals surface area contributed by atoms with Crippen LogP contribution in [0.4, 0.5) is 0 Å². The SMILES string of the molecule is COc1cc(/C=C/C(=O)OC2OC(COC3OCC(O)C(O)C3O)C(O)C(O)C2O)ccc1O. The van der Waals surface area contributed by atoms with Gasteiger partial charge in [0.15, 0.2) is 17.8 Å². The lowest BCUT2D eigenvalue weighted by atomic mass is 9.99. The minimum Gasteiger partial charge on any atom is -0.504 e. The molecular weight excluding hydrogens is 460 g/mol. The van der Waals surface area contributed by atoms with Crippen molar-refractivity contribution in [2.45, 2.75) is 55.3 Å². The molecule has 2 fully saturated rings. The Balaban J connectivity index is 1.59. The zero-order valence-electron chi connectivity index (χ0n) is 18.1. The smallest absolute Gasteiger partial charge is 0.333 e. The summed E-state index contributed by atoms with van der Waals surface area (Å²) in [6.07, 6.45) is -11.5. The van der Waals surface area contributed by atoms with Gasteiger partial charge in [0.2, 0.25) is 6.29 Å². The van der Waals surface area contributed by atoms with Gasteiger partial charge < -0.3 is 59.4 Å². The lowest BCUT2D eigenvalue weighted by molar-refractivity contribution is -0.314. The van der Waals surface area contributed by atoms with Crippen LogP contribution in [-0.4, -0.2) is 117 Å². The van der Waals surface area contributed by atoms with Gasteiger partial charge in [0.25, 0.3) is 0 Å². The highest BCUT2D eigenvalue weighted by atomic mass is 16.7. The van der Waals surface area contributed by atoms with Gasteiger partial charge >= 0.3 is 5.97 Å². The number of esters is 1. The predicted molar refractivity (Wildman–Crippen MR) is 110 cm³/mol. The van der Waals surface area contributed by atoms with Crippen molar-refractivity contribution >= 4 is 12.0 Å². The molecule has 190 valence electrons. The molecule has 13 heteroatoms. The zero-order valence-corrected chi connectivity index (χ0v) is 18.1. The lowest BCUT2D eigenvalue weighted by Crippen LogP contribution is -2.60. The Bertz CT molecular complexity index is 861. The Kier molecular flexibility index (Phi) is 8.81. The van der Waals surface area contributed by atoms with E-state index < -0.39 is 67.9 Å². The summed E-state index contributed by atoms with van der Waals surface area (Å²) in [4.78, 5) is 12.2. The van der Waals surface area contributed by atoms with Crippen LogP contribution in [0.2, 0.25) is 0 Å². The van der Waals surface area contributed by atoms with Crippen molar-refractivity contribution in [3.63, 3.8) is 0 Å². The number of aromatic hydroxyl groups is 1. The van der Waals surface area contributed by atoms with E-state index in [-0.39, 0.29) is 18.1 Å². The Morgan fingerprint density at radius 3 is 2.44 bits per heavy atom. The van der Waals surface area contributed by atoms with Crippen molar-refractivity contribution < 1.29 is 64.2 Å². The molecule has 0 amide bonds. The number of phenolic OH excluding ortho intramolecular Hbond substituents is 1. The van der Waals surface area contributed by atoms with E-state index in [9.17, 15) is 40.5 Å². The van der Waals surface area contributed by atoms with E-state index in [1.54, 1.807) is 0 Å². The van der Waals surface area contributed by atoms with E-state index >= 15 is 0 Å². The number of benzene rings is 1. The summed E-state index contributed by atoms with van der Waals surface area (Å²) < 4.78 is 25.8. The van der Waals surface area contributed by atoms with E-state index in [2.05, 4.69) is 0 Å². The fraction of sp³-hybridized carbons (Fsp3) is 0.571. The summed E-state index contributed by atoms with van der Waals surface area (Å²) in [6.45, 7) is -0.787. The van der Waals surface area contributed by atoms with E-state index in [1.807, 2.05) is 0 Å². The first-order valence-electron chi connectivity index (χ1n) is 10.3. The minimum atomic E-state index is -1.77. The van der Waals surface area contributed by atoms with E-state index in [1.165, 1.54) is 31.4 Å². The molecule has 7 N–H and O–H groups in total. The van der Waals surface area contributed by atoms with Crippen LogP contribution in [0.25, 0.3) is 6.08 Å². The van der Waals surface area contributed by atoms with Gasteiger partial charge in [-0.15, -0.1) is 0 Å². The number of carbonyl (C=O) groups excluding carboxylic acids is 1. The van der Waals surface area contributed by atoms with Gasteiger partial charge in [-0.1, -0.05) is 6.07 Å². The van der Waals surface area contributed by atoms with Gasteiger partial charge in [0, 0.05) is 6.08 Å². The molecule has 2 aliphatic rings. The summed E-state index contributed by atoms with van der Waals surface area (Å²) in [5.74, 6) is -0.836. The highest BCUT2D eigenvalue weighted by Gasteiger charge is 2.46. The third-order valence-corrected chi connectivity index (χ3v) is 5.40. The Labute approximate surface area is 193 Å². The first kappa shape index (κ1) is 26.3. The van der Waals surface area contributed by atoms with E-state index in [0.29, 0.717) is 5.56 Å². The van der Waals surface area contributed by atoms with Gasteiger partial charge in [0.1, 0.15) is 42.7 Å². The molecule has 2 saturated heterocycles. The second kappa shape index (κ2) is 11.4. The normalized spacial score (nSPS) is 36.4. The molecule has 2 heterocycles. The highest BCUT2D eigenvalue weighted by molar-refractivity contribution is 5.87. The van der Waals surface area contributed by atoms with Gasteiger partial charge in [-0.2, -0.15) is 0 Å². The molecule has 1 aromatic rings. The fourth-order valence-electron chi connectivity index (χ4n) is 3.38. The largest absolute Gasteiger partial charge is 0.504 e. The second-order valence-corrected chi connectivity index (χ2v) is 7.80. The number of methoxy groups -OCH3 is 1. The highest BCUT2D eigenvalue weighted by Crippen LogP contribution is 2.27. The Morgan fingerprint density at radius 1 is 1.03 bits per heavy atom. The maximum absolute atomic E-state index is 12.2. The molecule has 1 aromatic carbocycles. The van der Waals surface area contributed by atoms with Crippen LogP contribution in [0.3, 0.4) is 0 Å². The molecule has 9 atom stereocenters. The lowest BCUT2D eigenvalue weighted by Gasteiger charge is -2.41. The molecule has 9 unspecified atom stereocenters. The number of ether oxygens (including phenoxy) is 5. The first-order chi connectivity index (χ1) is 16.1.